The minimum absolute atomic E-state index is 0.0237. The lowest BCUT2D eigenvalue weighted by molar-refractivity contribution is -0.142. The van der Waals surface area contributed by atoms with Crippen molar-refractivity contribution in [1.82, 2.24) is 5.32 Å². The number of rotatable bonds is 6. The third kappa shape index (κ3) is 4.62. The van der Waals surface area contributed by atoms with Gasteiger partial charge in [0.15, 0.2) is 0 Å². The van der Waals surface area contributed by atoms with Crippen LogP contribution in [-0.2, 0) is 9.53 Å². The van der Waals surface area contributed by atoms with Crippen LogP contribution < -0.4 is 10.6 Å². The Kier molecular flexibility index (Phi) is 6.23. The highest BCUT2D eigenvalue weighted by Crippen LogP contribution is 2.44. The van der Waals surface area contributed by atoms with Crippen molar-refractivity contribution in [3.05, 3.63) is 89.5 Å². The second-order valence-electron chi connectivity index (χ2n) is 8.98. The van der Waals surface area contributed by atoms with Crippen LogP contribution in [0.3, 0.4) is 0 Å². The average molecular weight is 471 g/mol. The number of aliphatic carboxylic acids is 1. The zero-order chi connectivity index (χ0) is 24.4. The predicted molar refractivity (Wildman–Crippen MR) is 131 cm³/mol. The molecule has 35 heavy (non-hydrogen) atoms. The van der Waals surface area contributed by atoms with Gasteiger partial charge >= 0.3 is 12.1 Å². The molecule has 0 heterocycles. The maximum atomic E-state index is 12.5. The fraction of sp³-hybridized carbons (Fsp3) is 0.250. The number of ether oxygens (including phenoxy) is 1. The molecular formula is C28H26N2O5. The molecule has 0 aromatic heterocycles. The van der Waals surface area contributed by atoms with E-state index in [1.54, 1.807) is 24.3 Å². The molecule has 2 aliphatic rings. The van der Waals surface area contributed by atoms with Gasteiger partial charge in [0.05, 0.1) is 5.92 Å². The quantitative estimate of drug-likeness (QED) is 0.469. The number of carbonyl (C=O) groups is 3. The Bertz CT molecular complexity index is 1220. The van der Waals surface area contributed by atoms with Crippen molar-refractivity contribution in [2.24, 2.45) is 5.92 Å². The number of hydrogen-bond acceptors (Lipinski definition) is 4. The lowest BCUT2D eigenvalue weighted by atomic mass is 9.98. The fourth-order valence-electron chi connectivity index (χ4n) is 5.14. The molecule has 1 saturated carbocycles. The van der Waals surface area contributed by atoms with E-state index in [9.17, 15) is 19.5 Å². The number of carboxylic acid groups (broad SMARTS) is 1. The maximum absolute atomic E-state index is 12.5. The van der Waals surface area contributed by atoms with E-state index in [1.165, 1.54) is 11.1 Å². The Morgan fingerprint density at radius 1 is 0.857 bits per heavy atom. The second-order valence-corrected chi connectivity index (χ2v) is 8.98. The topological polar surface area (TPSA) is 105 Å². The van der Waals surface area contributed by atoms with Crippen LogP contribution in [0.4, 0.5) is 10.5 Å². The van der Waals surface area contributed by atoms with E-state index >= 15 is 0 Å². The largest absolute Gasteiger partial charge is 0.481 e. The zero-order valence-electron chi connectivity index (χ0n) is 19.1. The van der Waals surface area contributed by atoms with Crippen molar-refractivity contribution >= 4 is 23.7 Å². The van der Waals surface area contributed by atoms with Crippen molar-refractivity contribution in [1.29, 1.82) is 0 Å². The van der Waals surface area contributed by atoms with Crippen LogP contribution >= 0.6 is 0 Å². The number of amides is 2. The minimum atomic E-state index is -0.879. The third-order valence-corrected chi connectivity index (χ3v) is 6.89. The molecule has 2 atom stereocenters. The van der Waals surface area contributed by atoms with Crippen molar-refractivity contribution in [2.45, 2.75) is 31.2 Å². The second kappa shape index (κ2) is 9.62. The number of carbonyl (C=O) groups excluding carboxylic acids is 2. The predicted octanol–water partition coefficient (Wildman–Crippen LogP) is 5.03. The van der Waals surface area contributed by atoms with Crippen LogP contribution in [-0.4, -0.2) is 35.7 Å². The molecule has 1 fully saturated rings. The first kappa shape index (κ1) is 22.7. The van der Waals surface area contributed by atoms with Gasteiger partial charge in [-0.2, -0.15) is 0 Å². The molecule has 2 aliphatic carbocycles. The maximum Gasteiger partial charge on any atom is 0.411 e. The Balaban J connectivity index is 1.18. The molecule has 0 bridgehead atoms. The summed E-state index contributed by atoms with van der Waals surface area (Å²) in [7, 11) is 0. The van der Waals surface area contributed by atoms with E-state index in [1.807, 2.05) is 24.3 Å². The number of anilines is 1. The van der Waals surface area contributed by atoms with Gasteiger partial charge in [-0.05, 0) is 59.4 Å². The molecule has 7 heteroatoms. The lowest BCUT2D eigenvalue weighted by Gasteiger charge is -2.17. The number of benzene rings is 3. The summed E-state index contributed by atoms with van der Waals surface area (Å²) in [5, 5.41) is 14.8. The van der Waals surface area contributed by atoms with E-state index in [4.69, 9.17) is 4.74 Å². The summed E-state index contributed by atoms with van der Waals surface area (Å²) in [6, 6.07) is 22.4. The minimum Gasteiger partial charge on any atom is -0.481 e. The highest BCUT2D eigenvalue weighted by atomic mass is 16.5. The van der Waals surface area contributed by atoms with Crippen LogP contribution in [0.2, 0.25) is 0 Å². The summed E-state index contributed by atoms with van der Waals surface area (Å²) >= 11 is 0. The molecule has 3 aromatic carbocycles. The summed E-state index contributed by atoms with van der Waals surface area (Å²) in [4.78, 5) is 36.3. The lowest BCUT2D eigenvalue weighted by Crippen LogP contribution is -2.40. The SMILES string of the molecule is O=C(Nc1ccc(C(=O)NC2CCCC2C(=O)O)cc1)OCC1c2ccccc2-c2ccccc21. The summed E-state index contributed by atoms with van der Waals surface area (Å²) in [5.74, 6) is -1.77. The first-order chi connectivity index (χ1) is 17.0. The molecule has 0 aliphatic heterocycles. The molecular weight excluding hydrogens is 444 g/mol. The summed E-state index contributed by atoms with van der Waals surface area (Å²) in [5.41, 5.74) is 5.52. The van der Waals surface area contributed by atoms with E-state index in [2.05, 4.69) is 34.9 Å². The number of hydrogen-bond donors (Lipinski definition) is 3. The average Bonchev–Trinajstić information content (AvgIpc) is 3.46. The van der Waals surface area contributed by atoms with Gasteiger partial charge in [0.25, 0.3) is 5.91 Å². The van der Waals surface area contributed by atoms with Crippen LogP contribution in [0.25, 0.3) is 11.1 Å². The molecule has 0 radical (unpaired) electrons. The van der Waals surface area contributed by atoms with Crippen LogP contribution in [0.5, 0.6) is 0 Å². The third-order valence-electron chi connectivity index (χ3n) is 6.89. The molecule has 2 amide bonds. The summed E-state index contributed by atoms with van der Waals surface area (Å²) in [6.45, 7) is 0.215. The molecule has 2 unspecified atom stereocenters. The number of carboxylic acids is 1. The zero-order valence-corrected chi connectivity index (χ0v) is 19.1. The van der Waals surface area contributed by atoms with Gasteiger partial charge in [-0.15, -0.1) is 0 Å². The molecule has 3 N–H and O–H groups in total. The van der Waals surface area contributed by atoms with Crippen molar-refractivity contribution in [2.75, 3.05) is 11.9 Å². The van der Waals surface area contributed by atoms with Gasteiger partial charge in [0, 0.05) is 23.2 Å². The number of nitrogens with one attached hydrogen (secondary N) is 2. The molecule has 7 nitrogen and oxygen atoms in total. The van der Waals surface area contributed by atoms with Gasteiger partial charge < -0.3 is 15.2 Å². The van der Waals surface area contributed by atoms with Gasteiger partial charge in [-0.1, -0.05) is 55.0 Å². The van der Waals surface area contributed by atoms with Crippen molar-refractivity contribution in [3.8, 4) is 11.1 Å². The molecule has 3 aromatic rings. The molecule has 0 saturated heterocycles. The van der Waals surface area contributed by atoms with Gasteiger partial charge in [-0.3, -0.25) is 14.9 Å². The van der Waals surface area contributed by atoms with Crippen molar-refractivity contribution < 1.29 is 24.2 Å². The highest BCUT2D eigenvalue weighted by Gasteiger charge is 2.34. The van der Waals surface area contributed by atoms with Crippen LogP contribution in [0.15, 0.2) is 72.8 Å². The standard InChI is InChI=1S/C28H26N2O5/c31-26(30-25-11-5-10-23(25)27(32)33)17-12-14-18(15-13-17)29-28(34)35-16-24-21-8-3-1-6-19(21)20-7-2-4-9-22(20)24/h1-4,6-9,12-15,23-25H,5,10-11,16H2,(H,29,34)(H,30,31)(H,32,33). The van der Waals surface area contributed by atoms with E-state index in [0.717, 1.165) is 17.5 Å². The normalized spacial score (nSPS) is 18.4. The first-order valence-corrected chi connectivity index (χ1v) is 11.8. The Morgan fingerprint density at radius 2 is 1.49 bits per heavy atom. The van der Waals surface area contributed by atoms with Crippen LogP contribution in [0, 0.1) is 5.92 Å². The Labute approximate surface area is 203 Å². The van der Waals surface area contributed by atoms with Crippen molar-refractivity contribution in [3.63, 3.8) is 0 Å². The van der Waals surface area contributed by atoms with Crippen LogP contribution in [0.1, 0.15) is 46.7 Å². The monoisotopic (exact) mass is 470 g/mol. The fourth-order valence-corrected chi connectivity index (χ4v) is 5.14. The summed E-state index contributed by atoms with van der Waals surface area (Å²) < 4.78 is 5.56. The summed E-state index contributed by atoms with van der Waals surface area (Å²) in [6.07, 6.45) is 1.44. The van der Waals surface area contributed by atoms with Gasteiger partial charge in [0.2, 0.25) is 0 Å². The van der Waals surface area contributed by atoms with Gasteiger partial charge in [-0.25, -0.2) is 4.79 Å². The highest BCUT2D eigenvalue weighted by molar-refractivity contribution is 5.95. The van der Waals surface area contributed by atoms with E-state index < -0.39 is 18.0 Å². The molecule has 5 rings (SSSR count). The Hall–Kier alpha value is -4.13. The van der Waals surface area contributed by atoms with E-state index in [0.29, 0.717) is 24.1 Å². The van der Waals surface area contributed by atoms with E-state index in [-0.39, 0.29) is 24.5 Å². The number of fused-ring (bicyclic) bond motifs is 3. The molecule has 0 spiro atoms. The Morgan fingerprint density at radius 3 is 2.11 bits per heavy atom. The smallest absolute Gasteiger partial charge is 0.411 e. The molecule has 178 valence electrons. The van der Waals surface area contributed by atoms with Gasteiger partial charge in [0.1, 0.15) is 6.61 Å². The first-order valence-electron chi connectivity index (χ1n) is 11.8.